The lowest BCUT2D eigenvalue weighted by atomic mass is 10.2. The topological polar surface area (TPSA) is 129 Å². The molecule has 2 aromatic heterocycles. The number of rotatable bonds is 5. The molecule has 1 unspecified atom stereocenters. The third kappa shape index (κ3) is 3.31. The summed E-state index contributed by atoms with van der Waals surface area (Å²) in [5, 5.41) is 3.76. The summed E-state index contributed by atoms with van der Waals surface area (Å²) in [5.74, 6) is 0.570. The molecule has 0 fully saturated rings. The summed E-state index contributed by atoms with van der Waals surface area (Å²) in [6, 6.07) is -0.836. The van der Waals surface area contributed by atoms with Crippen LogP contribution in [-0.2, 0) is 24.1 Å². The second-order valence-corrected chi connectivity index (χ2v) is 7.42. The standard InChI is InChI=1S/C13H19N5O5S/c1-7(2)10-14-11(23-15-10)8(3)16-24(21,22)9-6-17(4)13(20)18(5)12(9)19/h6-8,16H,1-5H3. The molecule has 2 rings (SSSR count). The van der Waals surface area contributed by atoms with Crippen LogP contribution in [0.15, 0.2) is 25.2 Å². The van der Waals surface area contributed by atoms with E-state index in [-0.39, 0.29) is 11.8 Å². The molecule has 0 aliphatic heterocycles. The fraction of sp³-hybridized carbons (Fsp3) is 0.538. The Balaban J connectivity index is 2.38. The van der Waals surface area contributed by atoms with Crippen molar-refractivity contribution in [2.75, 3.05) is 0 Å². The predicted molar refractivity (Wildman–Crippen MR) is 84.0 cm³/mol. The Kier molecular flexibility index (Phi) is 4.76. The van der Waals surface area contributed by atoms with Gasteiger partial charge in [-0.1, -0.05) is 19.0 Å². The molecule has 0 saturated heterocycles. The van der Waals surface area contributed by atoms with Crippen LogP contribution in [-0.4, -0.2) is 27.7 Å². The number of hydrogen-bond acceptors (Lipinski definition) is 7. The molecule has 0 spiro atoms. The van der Waals surface area contributed by atoms with Crippen molar-refractivity contribution in [1.29, 1.82) is 0 Å². The molecule has 132 valence electrons. The van der Waals surface area contributed by atoms with Gasteiger partial charge in [-0.25, -0.2) is 13.2 Å². The van der Waals surface area contributed by atoms with Crippen LogP contribution in [0.2, 0.25) is 0 Å². The average molecular weight is 357 g/mol. The minimum absolute atomic E-state index is 0.0299. The molecule has 10 nitrogen and oxygen atoms in total. The van der Waals surface area contributed by atoms with Crippen LogP contribution < -0.4 is 16.0 Å². The van der Waals surface area contributed by atoms with Crippen LogP contribution in [0.4, 0.5) is 0 Å². The molecule has 0 aromatic carbocycles. The van der Waals surface area contributed by atoms with Gasteiger partial charge >= 0.3 is 5.69 Å². The highest BCUT2D eigenvalue weighted by molar-refractivity contribution is 7.89. The zero-order valence-electron chi connectivity index (χ0n) is 14.0. The Morgan fingerprint density at radius 3 is 2.38 bits per heavy atom. The van der Waals surface area contributed by atoms with E-state index in [0.717, 1.165) is 15.3 Å². The maximum absolute atomic E-state index is 12.5. The maximum Gasteiger partial charge on any atom is 0.330 e. The van der Waals surface area contributed by atoms with E-state index < -0.39 is 32.2 Å². The summed E-state index contributed by atoms with van der Waals surface area (Å²) in [7, 11) is -1.62. The van der Waals surface area contributed by atoms with Gasteiger partial charge in [0.1, 0.15) is 0 Å². The van der Waals surface area contributed by atoms with Gasteiger partial charge in [-0.05, 0) is 6.92 Å². The van der Waals surface area contributed by atoms with Crippen molar-refractivity contribution in [3.63, 3.8) is 0 Å². The van der Waals surface area contributed by atoms with Crippen molar-refractivity contribution in [2.45, 2.75) is 37.6 Å². The molecule has 2 aromatic rings. The Labute approximate surface area is 138 Å². The summed E-state index contributed by atoms with van der Waals surface area (Å²) in [4.78, 5) is 27.3. The van der Waals surface area contributed by atoms with Crippen LogP contribution in [0, 0.1) is 0 Å². The zero-order valence-corrected chi connectivity index (χ0v) is 14.8. The molecule has 0 aliphatic carbocycles. The predicted octanol–water partition coefficient (Wildman–Crippen LogP) is -0.370. The van der Waals surface area contributed by atoms with E-state index in [2.05, 4.69) is 14.9 Å². The first-order valence-electron chi connectivity index (χ1n) is 7.17. The lowest BCUT2D eigenvalue weighted by Crippen LogP contribution is -2.41. The lowest BCUT2D eigenvalue weighted by Gasteiger charge is -2.11. The van der Waals surface area contributed by atoms with Gasteiger partial charge in [0.15, 0.2) is 10.7 Å². The van der Waals surface area contributed by atoms with E-state index in [0.29, 0.717) is 5.82 Å². The summed E-state index contributed by atoms with van der Waals surface area (Å²) in [6.45, 7) is 5.26. The second kappa shape index (κ2) is 6.32. The first-order chi connectivity index (χ1) is 11.0. The first-order valence-corrected chi connectivity index (χ1v) is 8.65. The number of nitrogens with zero attached hydrogens (tertiary/aromatic N) is 4. The molecule has 11 heteroatoms. The summed E-state index contributed by atoms with van der Waals surface area (Å²) >= 11 is 0. The molecule has 1 atom stereocenters. The molecule has 2 heterocycles. The highest BCUT2D eigenvalue weighted by Crippen LogP contribution is 2.16. The molecular weight excluding hydrogens is 338 g/mol. The third-order valence-electron chi connectivity index (χ3n) is 3.38. The lowest BCUT2D eigenvalue weighted by molar-refractivity contribution is 0.348. The second-order valence-electron chi connectivity index (χ2n) is 5.74. The normalized spacial score (nSPS) is 13.4. The number of nitrogens with one attached hydrogen (secondary N) is 1. The molecular formula is C13H19N5O5S. The van der Waals surface area contributed by atoms with Gasteiger partial charge < -0.3 is 9.09 Å². The van der Waals surface area contributed by atoms with Crippen molar-refractivity contribution >= 4 is 10.0 Å². The molecule has 0 bridgehead atoms. The van der Waals surface area contributed by atoms with E-state index in [1.165, 1.54) is 21.0 Å². The number of sulfonamides is 1. The van der Waals surface area contributed by atoms with E-state index >= 15 is 0 Å². The smallest absolute Gasteiger partial charge is 0.330 e. The quantitative estimate of drug-likeness (QED) is 0.773. The molecule has 24 heavy (non-hydrogen) atoms. The summed E-state index contributed by atoms with van der Waals surface area (Å²) in [5.41, 5.74) is -1.53. The third-order valence-corrected chi connectivity index (χ3v) is 4.90. The van der Waals surface area contributed by atoms with Crippen molar-refractivity contribution in [3.05, 3.63) is 38.8 Å². The Bertz CT molecular complexity index is 969. The van der Waals surface area contributed by atoms with E-state index in [4.69, 9.17) is 4.52 Å². The van der Waals surface area contributed by atoms with Gasteiger partial charge in [-0.3, -0.25) is 9.36 Å². The highest BCUT2D eigenvalue weighted by Gasteiger charge is 2.26. The molecule has 0 aliphatic rings. The van der Waals surface area contributed by atoms with Gasteiger partial charge in [-0.2, -0.15) is 9.71 Å². The van der Waals surface area contributed by atoms with E-state index in [9.17, 15) is 18.0 Å². The Hall–Kier alpha value is -2.27. The maximum atomic E-state index is 12.5. The fourth-order valence-corrected chi connectivity index (χ4v) is 3.32. The molecule has 0 amide bonds. The van der Waals surface area contributed by atoms with Crippen LogP contribution in [0.25, 0.3) is 0 Å². The zero-order chi connectivity index (χ0) is 18.2. The minimum Gasteiger partial charge on any atom is -0.338 e. The van der Waals surface area contributed by atoms with E-state index in [1.54, 1.807) is 0 Å². The van der Waals surface area contributed by atoms with Crippen LogP contribution >= 0.6 is 0 Å². The average Bonchev–Trinajstić information content (AvgIpc) is 2.98. The van der Waals surface area contributed by atoms with E-state index in [1.807, 2.05) is 13.8 Å². The largest absolute Gasteiger partial charge is 0.338 e. The van der Waals surface area contributed by atoms with Crippen molar-refractivity contribution in [3.8, 4) is 0 Å². The van der Waals surface area contributed by atoms with Gasteiger partial charge in [0.25, 0.3) is 5.56 Å². The summed E-state index contributed by atoms with van der Waals surface area (Å²) in [6.07, 6.45) is 0.979. The SMILES string of the molecule is CC(C)c1noc(C(C)NS(=O)(=O)c2cn(C)c(=O)n(C)c2=O)n1. The minimum atomic E-state index is -4.18. The van der Waals surface area contributed by atoms with Gasteiger partial charge in [0.05, 0.1) is 6.04 Å². The molecule has 0 saturated carbocycles. The number of hydrogen-bond donors (Lipinski definition) is 1. The van der Waals surface area contributed by atoms with Crippen molar-refractivity contribution in [2.24, 2.45) is 14.1 Å². The molecule has 0 radical (unpaired) electrons. The van der Waals surface area contributed by atoms with Crippen LogP contribution in [0.1, 0.15) is 44.4 Å². The highest BCUT2D eigenvalue weighted by atomic mass is 32.2. The number of aryl methyl sites for hydroxylation is 1. The van der Waals surface area contributed by atoms with Gasteiger partial charge in [0.2, 0.25) is 15.9 Å². The van der Waals surface area contributed by atoms with Crippen molar-refractivity contribution in [1.82, 2.24) is 24.0 Å². The Morgan fingerprint density at radius 1 is 1.21 bits per heavy atom. The Morgan fingerprint density at radius 2 is 1.83 bits per heavy atom. The van der Waals surface area contributed by atoms with Crippen LogP contribution in [0.3, 0.4) is 0 Å². The monoisotopic (exact) mass is 357 g/mol. The van der Waals surface area contributed by atoms with Crippen LogP contribution in [0.5, 0.6) is 0 Å². The van der Waals surface area contributed by atoms with Gasteiger partial charge in [0, 0.05) is 26.2 Å². The molecule has 1 N–H and O–H groups in total. The van der Waals surface area contributed by atoms with Gasteiger partial charge in [-0.15, -0.1) is 0 Å². The van der Waals surface area contributed by atoms with Crippen molar-refractivity contribution < 1.29 is 12.9 Å². The summed E-state index contributed by atoms with van der Waals surface area (Å²) < 4.78 is 34.0. The first kappa shape index (κ1) is 18.1. The number of aromatic nitrogens is 4. The fourth-order valence-electron chi connectivity index (χ4n) is 1.96.